The summed E-state index contributed by atoms with van der Waals surface area (Å²) in [6.45, 7) is 9.71. The van der Waals surface area contributed by atoms with Crippen molar-refractivity contribution in [3.63, 3.8) is 0 Å². The van der Waals surface area contributed by atoms with Crippen LogP contribution < -0.4 is 5.32 Å². The minimum atomic E-state index is -0.0539. The number of thiazole rings is 1. The van der Waals surface area contributed by atoms with Crippen molar-refractivity contribution in [2.75, 3.05) is 44.7 Å². The molecule has 2 aromatic rings. The molecule has 4 heterocycles. The molecule has 2 aliphatic rings. The standard InChI is InChI=1S/C24H31N5O2S/c1-3-4-23(30)29-7-5-19(6-8-29)13-21-14-20(17-28-9-11-31-12-10-28)15-22(26-21)27-24-25-16-18(2)32-24/h14-16,19H,5-13,17H2,1-2H3,(H,25,26,27). The number of aromatic nitrogens is 2. The number of hydrogen-bond acceptors (Lipinski definition) is 7. The third-order valence-corrected chi connectivity index (χ3v) is 6.76. The molecule has 2 aromatic heterocycles. The summed E-state index contributed by atoms with van der Waals surface area (Å²) < 4.78 is 5.50. The van der Waals surface area contributed by atoms with Crippen LogP contribution in [0.15, 0.2) is 18.3 Å². The van der Waals surface area contributed by atoms with E-state index in [1.165, 1.54) is 10.4 Å². The van der Waals surface area contributed by atoms with Crippen LogP contribution in [0.5, 0.6) is 0 Å². The fourth-order valence-corrected chi connectivity index (χ4v) is 4.94. The molecule has 1 amide bonds. The second-order valence-corrected chi connectivity index (χ2v) is 9.69. The molecule has 0 aliphatic carbocycles. The number of likely N-dealkylation sites (tertiary alicyclic amines) is 1. The summed E-state index contributed by atoms with van der Waals surface area (Å²) in [5, 5.41) is 4.27. The molecule has 0 aromatic carbocycles. The van der Waals surface area contributed by atoms with Crippen molar-refractivity contribution >= 4 is 28.2 Å². The maximum atomic E-state index is 12.0. The van der Waals surface area contributed by atoms with Crippen LogP contribution in [0.2, 0.25) is 0 Å². The van der Waals surface area contributed by atoms with Crippen molar-refractivity contribution < 1.29 is 9.53 Å². The predicted molar refractivity (Wildman–Crippen MR) is 127 cm³/mol. The lowest BCUT2D eigenvalue weighted by Gasteiger charge is -2.31. The molecule has 4 rings (SSSR count). The van der Waals surface area contributed by atoms with E-state index in [9.17, 15) is 4.79 Å². The average Bonchev–Trinajstić information content (AvgIpc) is 3.19. The third-order valence-electron chi connectivity index (χ3n) is 5.94. The van der Waals surface area contributed by atoms with Crippen molar-refractivity contribution in [2.24, 2.45) is 5.92 Å². The number of ether oxygens (including phenoxy) is 1. The van der Waals surface area contributed by atoms with Crippen LogP contribution in [-0.4, -0.2) is 65.1 Å². The Morgan fingerprint density at radius 2 is 2.03 bits per heavy atom. The Labute approximate surface area is 194 Å². The number of pyridine rings is 1. The number of carbonyl (C=O) groups is 1. The van der Waals surface area contributed by atoms with E-state index in [0.29, 0.717) is 5.92 Å². The lowest BCUT2D eigenvalue weighted by molar-refractivity contribution is -0.126. The highest BCUT2D eigenvalue weighted by molar-refractivity contribution is 7.15. The van der Waals surface area contributed by atoms with Crippen LogP contribution in [0, 0.1) is 24.7 Å². The van der Waals surface area contributed by atoms with Gasteiger partial charge in [-0.15, -0.1) is 11.3 Å². The minimum Gasteiger partial charge on any atom is -0.379 e. The van der Waals surface area contributed by atoms with Crippen LogP contribution >= 0.6 is 11.3 Å². The Bertz CT molecular complexity index is 982. The largest absolute Gasteiger partial charge is 0.379 e. The first-order chi connectivity index (χ1) is 15.6. The number of morpholine rings is 1. The Balaban J connectivity index is 1.45. The van der Waals surface area contributed by atoms with Gasteiger partial charge < -0.3 is 15.0 Å². The van der Waals surface area contributed by atoms with Gasteiger partial charge in [-0.05, 0) is 62.6 Å². The molecule has 1 N–H and O–H groups in total. The van der Waals surface area contributed by atoms with Crippen LogP contribution in [0.1, 0.15) is 35.9 Å². The summed E-state index contributed by atoms with van der Waals surface area (Å²) in [6, 6.07) is 4.38. The lowest BCUT2D eigenvalue weighted by atomic mass is 9.91. The van der Waals surface area contributed by atoms with Gasteiger partial charge in [-0.2, -0.15) is 0 Å². The summed E-state index contributed by atoms with van der Waals surface area (Å²) in [6.07, 6.45) is 4.77. The number of hydrogen-bond donors (Lipinski definition) is 1. The van der Waals surface area contributed by atoms with E-state index < -0.39 is 0 Å². The number of piperidine rings is 1. The second-order valence-electron chi connectivity index (χ2n) is 8.46. The first kappa shape index (κ1) is 22.7. The average molecular weight is 454 g/mol. The van der Waals surface area contributed by atoms with E-state index in [0.717, 1.165) is 81.8 Å². The molecule has 0 radical (unpaired) electrons. The molecule has 0 unspecified atom stereocenters. The fourth-order valence-electron chi connectivity index (χ4n) is 4.27. The smallest absolute Gasteiger partial charge is 0.298 e. The van der Waals surface area contributed by atoms with Gasteiger partial charge in [0.1, 0.15) is 5.82 Å². The van der Waals surface area contributed by atoms with E-state index in [2.05, 4.69) is 46.1 Å². The molecular weight excluding hydrogens is 422 g/mol. The van der Waals surface area contributed by atoms with E-state index in [-0.39, 0.29) is 5.91 Å². The topological polar surface area (TPSA) is 70.6 Å². The summed E-state index contributed by atoms with van der Waals surface area (Å²) in [5.74, 6) is 6.69. The van der Waals surface area contributed by atoms with Gasteiger partial charge in [0.2, 0.25) is 0 Å². The van der Waals surface area contributed by atoms with Crippen molar-refractivity contribution in [2.45, 2.75) is 39.7 Å². The van der Waals surface area contributed by atoms with E-state index in [1.807, 2.05) is 11.1 Å². The zero-order valence-corrected chi connectivity index (χ0v) is 19.7. The van der Waals surface area contributed by atoms with Crippen molar-refractivity contribution in [1.29, 1.82) is 0 Å². The molecule has 0 spiro atoms. The lowest BCUT2D eigenvalue weighted by Crippen LogP contribution is -2.38. The minimum absolute atomic E-state index is 0.0539. The van der Waals surface area contributed by atoms with Crippen LogP contribution in [0.25, 0.3) is 0 Å². The number of carbonyl (C=O) groups excluding carboxylic acids is 1. The monoisotopic (exact) mass is 453 g/mol. The Kier molecular flexibility index (Phi) is 7.74. The Hall–Kier alpha value is -2.47. The van der Waals surface area contributed by atoms with Gasteiger partial charge >= 0.3 is 0 Å². The molecule has 2 saturated heterocycles. The van der Waals surface area contributed by atoms with Gasteiger partial charge in [0.15, 0.2) is 5.13 Å². The molecule has 7 nitrogen and oxygen atoms in total. The molecule has 32 heavy (non-hydrogen) atoms. The molecule has 0 atom stereocenters. The number of anilines is 2. The third kappa shape index (κ3) is 6.28. The van der Waals surface area contributed by atoms with Gasteiger partial charge in [-0.3, -0.25) is 9.69 Å². The van der Waals surface area contributed by atoms with Crippen LogP contribution in [0.4, 0.5) is 10.9 Å². The van der Waals surface area contributed by atoms with Crippen molar-refractivity contribution in [3.05, 3.63) is 34.5 Å². The van der Waals surface area contributed by atoms with E-state index >= 15 is 0 Å². The molecule has 2 aliphatic heterocycles. The highest BCUT2D eigenvalue weighted by Crippen LogP contribution is 2.25. The molecule has 8 heteroatoms. The predicted octanol–water partition coefficient (Wildman–Crippen LogP) is 3.23. The first-order valence-electron chi connectivity index (χ1n) is 11.3. The SMILES string of the molecule is CC#CC(=O)N1CCC(Cc2cc(CN3CCOCC3)cc(Nc3ncc(C)s3)n2)CC1. The molecule has 2 fully saturated rings. The van der Waals surface area contributed by atoms with Gasteiger partial charge in [-0.25, -0.2) is 9.97 Å². The number of aryl methyl sites for hydroxylation is 1. The van der Waals surface area contributed by atoms with Crippen molar-refractivity contribution in [3.8, 4) is 11.8 Å². The normalized spacial score (nSPS) is 17.6. The van der Waals surface area contributed by atoms with E-state index in [4.69, 9.17) is 9.72 Å². The maximum Gasteiger partial charge on any atom is 0.298 e. The fraction of sp³-hybridized carbons (Fsp3) is 0.542. The number of amides is 1. The highest BCUT2D eigenvalue weighted by Gasteiger charge is 2.23. The second kappa shape index (κ2) is 10.9. The van der Waals surface area contributed by atoms with Gasteiger partial charge in [0, 0.05) is 49.5 Å². The maximum absolute atomic E-state index is 12.0. The molecule has 0 saturated carbocycles. The van der Waals surface area contributed by atoms with Crippen LogP contribution in [0.3, 0.4) is 0 Å². The molecular formula is C24H31N5O2S. The first-order valence-corrected chi connectivity index (χ1v) is 12.1. The Morgan fingerprint density at radius 1 is 1.25 bits per heavy atom. The highest BCUT2D eigenvalue weighted by atomic mass is 32.1. The summed E-state index contributed by atoms with van der Waals surface area (Å²) >= 11 is 1.63. The number of nitrogens with zero attached hydrogens (tertiary/aromatic N) is 4. The van der Waals surface area contributed by atoms with Crippen molar-refractivity contribution in [1.82, 2.24) is 19.8 Å². The summed E-state index contributed by atoms with van der Waals surface area (Å²) in [4.78, 5) is 26.9. The molecule has 170 valence electrons. The number of nitrogens with one attached hydrogen (secondary N) is 1. The quantitative estimate of drug-likeness (QED) is 0.678. The van der Waals surface area contributed by atoms with E-state index in [1.54, 1.807) is 18.3 Å². The zero-order chi connectivity index (χ0) is 22.3. The van der Waals surface area contributed by atoms with Gasteiger partial charge in [-0.1, -0.05) is 5.92 Å². The Morgan fingerprint density at radius 3 is 2.72 bits per heavy atom. The van der Waals surface area contributed by atoms with Crippen LogP contribution in [-0.2, 0) is 22.5 Å². The van der Waals surface area contributed by atoms with Gasteiger partial charge in [0.05, 0.1) is 13.2 Å². The number of rotatable bonds is 6. The van der Waals surface area contributed by atoms with Gasteiger partial charge in [0.25, 0.3) is 5.91 Å². The summed E-state index contributed by atoms with van der Waals surface area (Å²) in [7, 11) is 0. The summed E-state index contributed by atoms with van der Waals surface area (Å²) in [5.41, 5.74) is 2.36. The molecule has 0 bridgehead atoms. The zero-order valence-electron chi connectivity index (χ0n) is 18.9.